The van der Waals surface area contributed by atoms with Gasteiger partial charge in [0.25, 0.3) is 0 Å². The first-order chi connectivity index (χ1) is 15.0. The van der Waals surface area contributed by atoms with E-state index in [-0.39, 0.29) is 18.1 Å². The standard InChI is InChI=1S/C19H17FN8OS2/c1-27-11-22-25-19(27)31-17-10-21-18(30-13-5-3-12(20)4-6-13)14(23-17)9-16(29)24-15-7-8-28(2)26-15/h3-8,10-11H,9H2,1-2H3,(H,24,26,29). The molecule has 0 spiro atoms. The number of nitrogens with zero attached hydrogens (tertiary/aromatic N) is 7. The molecule has 158 valence electrons. The lowest BCUT2D eigenvalue weighted by Gasteiger charge is -2.09. The minimum Gasteiger partial charge on any atom is -0.311 e. The predicted molar refractivity (Wildman–Crippen MR) is 113 cm³/mol. The number of halogens is 1. The molecule has 0 radical (unpaired) electrons. The highest BCUT2D eigenvalue weighted by Crippen LogP contribution is 2.31. The molecule has 0 saturated heterocycles. The van der Waals surface area contributed by atoms with Crippen molar-refractivity contribution in [2.75, 3.05) is 5.32 Å². The average molecular weight is 457 g/mol. The van der Waals surface area contributed by atoms with Gasteiger partial charge in [-0.2, -0.15) is 5.10 Å². The minimum atomic E-state index is -0.319. The Bertz CT molecular complexity index is 1210. The number of carbonyl (C=O) groups excluding carboxylic acids is 1. The number of benzene rings is 1. The van der Waals surface area contributed by atoms with Crippen molar-refractivity contribution in [3.8, 4) is 0 Å². The van der Waals surface area contributed by atoms with E-state index in [1.165, 1.54) is 35.7 Å². The fourth-order valence-corrected chi connectivity index (χ4v) is 4.11. The third-order valence-corrected chi connectivity index (χ3v) is 5.99. The molecule has 31 heavy (non-hydrogen) atoms. The van der Waals surface area contributed by atoms with Gasteiger partial charge in [0.1, 0.15) is 22.2 Å². The highest BCUT2D eigenvalue weighted by atomic mass is 32.2. The lowest BCUT2D eigenvalue weighted by Crippen LogP contribution is -2.17. The zero-order chi connectivity index (χ0) is 21.8. The largest absolute Gasteiger partial charge is 0.311 e. The maximum absolute atomic E-state index is 13.2. The molecule has 0 atom stereocenters. The molecule has 0 saturated carbocycles. The van der Waals surface area contributed by atoms with Gasteiger partial charge in [0.2, 0.25) is 5.91 Å². The molecule has 0 aliphatic heterocycles. The normalized spacial score (nSPS) is 10.9. The van der Waals surface area contributed by atoms with Crippen molar-refractivity contribution in [3.05, 3.63) is 60.6 Å². The summed E-state index contributed by atoms with van der Waals surface area (Å²) in [5.74, 6) is -0.131. The van der Waals surface area contributed by atoms with Crippen molar-refractivity contribution in [1.82, 2.24) is 34.5 Å². The monoisotopic (exact) mass is 456 g/mol. The SMILES string of the molecule is Cn1ccc(NC(=O)Cc2nc(Sc3nncn3C)cnc2Sc2ccc(F)cc2)n1. The number of carbonyl (C=O) groups is 1. The van der Waals surface area contributed by atoms with Crippen molar-refractivity contribution in [1.29, 1.82) is 0 Å². The Morgan fingerprint density at radius 2 is 1.97 bits per heavy atom. The molecule has 4 rings (SSSR count). The first kappa shape index (κ1) is 21.0. The Morgan fingerprint density at radius 3 is 2.65 bits per heavy atom. The van der Waals surface area contributed by atoms with Crippen molar-refractivity contribution < 1.29 is 9.18 Å². The van der Waals surface area contributed by atoms with E-state index in [1.807, 2.05) is 7.05 Å². The molecule has 1 amide bonds. The fraction of sp³-hybridized carbons (Fsp3) is 0.158. The van der Waals surface area contributed by atoms with Gasteiger partial charge in [0, 0.05) is 31.3 Å². The zero-order valence-electron chi connectivity index (χ0n) is 16.6. The Hall–Kier alpha value is -3.25. The van der Waals surface area contributed by atoms with Crippen molar-refractivity contribution >= 4 is 35.2 Å². The number of amides is 1. The second-order valence-corrected chi connectivity index (χ2v) is 8.49. The van der Waals surface area contributed by atoms with E-state index in [2.05, 4.69) is 30.6 Å². The summed E-state index contributed by atoms with van der Waals surface area (Å²) in [4.78, 5) is 22.5. The van der Waals surface area contributed by atoms with Crippen LogP contribution in [0, 0.1) is 5.82 Å². The van der Waals surface area contributed by atoms with Crippen LogP contribution in [0.3, 0.4) is 0 Å². The lowest BCUT2D eigenvalue weighted by atomic mass is 10.3. The van der Waals surface area contributed by atoms with E-state index in [9.17, 15) is 9.18 Å². The summed E-state index contributed by atoms with van der Waals surface area (Å²) >= 11 is 2.61. The van der Waals surface area contributed by atoms with Crippen molar-refractivity contribution in [2.24, 2.45) is 14.1 Å². The van der Waals surface area contributed by atoms with E-state index in [0.717, 1.165) is 4.90 Å². The van der Waals surface area contributed by atoms with Gasteiger partial charge in [-0.25, -0.2) is 14.4 Å². The van der Waals surface area contributed by atoms with E-state index in [4.69, 9.17) is 0 Å². The van der Waals surface area contributed by atoms with Crippen LogP contribution in [0.15, 0.2) is 69.2 Å². The Kier molecular flexibility index (Phi) is 6.28. The first-order valence-corrected chi connectivity index (χ1v) is 10.7. The highest BCUT2D eigenvalue weighted by Gasteiger charge is 2.16. The van der Waals surface area contributed by atoms with Crippen LogP contribution in [0.4, 0.5) is 10.2 Å². The molecule has 0 bridgehead atoms. The highest BCUT2D eigenvalue weighted by molar-refractivity contribution is 7.99. The van der Waals surface area contributed by atoms with Gasteiger partial charge >= 0.3 is 0 Å². The Morgan fingerprint density at radius 1 is 1.16 bits per heavy atom. The summed E-state index contributed by atoms with van der Waals surface area (Å²) in [7, 11) is 3.60. The Labute approximate surface area is 185 Å². The number of hydrogen-bond acceptors (Lipinski definition) is 8. The molecule has 0 fully saturated rings. The summed E-state index contributed by atoms with van der Waals surface area (Å²) in [5, 5.41) is 16.6. The van der Waals surface area contributed by atoms with Crippen molar-refractivity contribution in [3.63, 3.8) is 0 Å². The van der Waals surface area contributed by atoms with Gasteiger partial charge in [0.05, 0.1) is 18.3 Å². The molecule has 9 nitrogen and oxygen atoms in total. The first-order valence-electron chi connectivity index (χ1n) is 9.07. The Balaban J connectivity index is 1.58. The molecule has 3 heterocycles. The predicted octanol–water partition coefficient (Wildman–Crippen LogP) is 2.96. The van der Waals surface area contributed by atoms with Crippen LogP contribution in [0.2, 0.25) is 0 Å². The molecule has 1 N–H and O–H groups in total. The van der Waals surface area contributed by atoms with Gasteiger partial charge < -0.3 is 9.88 Å². The van der Waals surface area contributed by atoms with Crippen LogP contribution >= 0.6 is 23.5 Å². The van der Waals surface area contributed by atoms with Gasteiger partial charge in [-0.15, -0.1) is 10.2 Å². The average Bonchev–Trinajstić information content (AvgIpc) is 3.33. The van der Waals surface area contributed by atoms with Crippen LogP contribution in [0.5, 0.6) is 0 Å². The molecule has 1 aromatic carbocycles. The second-order valence-electron chi connectivity index (χ2n) is 6.44. The fourth-order valence-electron chi connectivity index (χ4n) is 2.54. The molecule has 4 aromatic rings. The van der Waals surface area contributed by atoms with E-state index in [0.29, 0.717) is 26.7 Å². The van der Waals surface area contributed by atoms with Crippen LogP contribution in [-0.2, 0) is 25.3 Å². The van der Waals surface area contributed by atoms with Gasteiger partial charge in [0.15, 0.2) is 11.0 Å². The molecule has 3 aromatic heterocycles. The lowest BCUT2D eigenvalue weighted by molar-refractivity contribution is -0.115. The summed E-state index contributed by atoms with van der Waals surface area (Å²) < 4.78 is 16.6. The van der Waals surface area contributed by atoms with Crippen LogP contribution in [0.25, 0.3) is 0 Å². The molecule has 12 heteroatoms. The maximum atomic E-state index is 13.2. The second kappa shape index (κ2) is 9.27. The minimum absolute atomic E-state index is 0.000315. The van der Waals surface area contributed by atoms with Crippen LogP contribution in [0.1, 0.15) is 5.69 Å². The number of hydrogen-bond donors (Lipinski definition) is 1. The molecular weight excluding hydrogens is 439 g/mol. The topological polar surface area (TPSA) is 103 Å². The van der Waals surface area contributed by atoms with Crippen LogP contribution < -0.4 is 5.32 Å². The molecule has 0 unspecified atom stereocenters. The van der Waals surface area contributed by atoms with Crippen molar-refractivity contribution in [2.45, 2.75) is 26.5 Å². The smallest absolute Gasteiger partial charge is 0.231 e. The van der Waals surface area contributed by atoms with Gasteiger partial charge in [-0.1, -0.05) is 11.8 Å². The number of rotatable bonds is 7. The third kappa shape index (κ3) is 5.47. The quantitative estimate of drug-likeness (QED) is 0.453. The van der Waals surface area contributed by atoms with E-state index >= 15 is 0 Å². The van der Waals surface area contributed by atoms with E-state index < -0.39 is 0 Å². The van der Waals surface area contributed by atoms with Gasteiger partial charge in [-0.3, -0.25) is 9.48 Å². The van der Waals surface area contributed by atoms with E-state index in [1.54, 1.807) is 53.2 Å². The summed E-state index contributed by atoms with van der Waals surface area (Å²) in [6.07, 6.45) is 4.95. The maximum Gasteiger partial charge on any atom is 0.231 e. The van der Waals surface area contributed by atoms with Crippen LogP contribution in [-0.4, -0.2) is 40.4 Å². The van der Waals surface area contributed by atoms with Gasteiger partial charge in [-0.05, 0) is 36.0 Å². The number of nitrogens with one attached hydrogen (secondary N) is 1. The molecular formula is C19H17FN8OS2. The third-order valence-electron chi connectivity index (χ3n) is 3.99. The number of anilines is 1. The summed E-state index contributed by atoms with van der Waals surface area (Å²) in [5.41, 5.74) is 0.495. The molecule has 0 aliphatic rings. The number of aromatic nitrogens is 7. The summed E-state index contributed by atoms with van der Waals surface area (Å²) in [6.45, 7) is 0. The number of aryl methyl sites for hydroxylation is 2. The summed E-state index contributed by atoms with van der Waals surface area (Å²) in [6, 6.07) is 7.77. The molecule has 0 aliphatic carbocycles. The zero-order valence-corrected chi connectivity index (χ0v) is 18.2.